The SMILES string of the molecule is Cc1cc(Cl)ccc1N(CC(=O)N(Cc1cccc(Br)c1)[C@H](C)C(=O)NCC(C)C)S(C)(=O)=O. The summed E-state index contributed by atoms with van der Waals surface area (Å²) in [7, 11) is -3.79. The number of benzene rings is 2. The summed E-state index contributed by atoms with van der Waals surface area (Å²) in [6, 6.07) is 11.4. The van der Waals surface area contributed by atoms with Crippen LogP contribution in [0.25, 0.3) is 0 Å². The second-order valence-electron chi connectivity index (χ2n) is 8.67. The lowest BCUT2D eigenvalue weighted by Crippen LogP contribution is -2.51. The van der Waals surface area contributed by atoms with Gasteiger partial charge >= 0.3 is 0 Å². The van der Waals surface area contributed by atoms with Crippen molar-refractivity contribution in [1.82, 2.24) is 10.2 Å². The molecule has 0 aliphatic carbocycles. The molecular weight excluding hydrogens is 542 g/mol. The molecule has 0 spiro atoms. The Morgan fingerprint density at radius 3 is 2.35 bits per heavy atom. The Balaban J connectivity index is 2.40. The van der Waals surface area contributed by atoms with Crippen molar-refractivity contribution in [1.29, 1.82) is 0 Å². The lowest BCUT2D eigenvalue weighted by Gasteiger charge is -2.32. The molecule has 0 saturated carbocycles. The highest BCUT2D eigenvalue weighted by Crippen LogP contribution is 2.26. The molecule has 0 heterocycles. The van der Waals surface area contributed by atoms with E-state index in [1.165, 1.54) is 4.90 Å². The van der Waals surface area contributed by atoms with Gasteiger partial charge in [0.1, 0.15) is 12.6 Å². The van der Waals surface area contributed by atoms with Crippen molar-refractivity contribution in [3.8, 4) is 0 Å². The maximum atomic E-state index is 13.5. The van der Waals surface area contributed by atoms with Gasteiger partial charge in [-0.25, -0.2) is 8.42 Å². The zero-order valence-corrected chi connectivity index (χ0v) is 23.2. The number of carbonyl (C=O) groups is 2. The molecule has 186 valence electrons. The highest BCUT2D eigenvalue weighted by atomic mass is 79.9. The summed E-state index contributed by atoms with van der Waals surface area (Å²) in [5.41, 5.74) is 1.78. The summed E-state index contributed by atoms with van der Waals surface area (Å²) >= 11 is 9.46. The molecule has 10 heteroatoms. The van der Waals surface area contributed by atoms with Crippen LogP contribution in [0.5, 0.6) is 0 Å². The third-order valence-corrected chi connectivity index (χ3v) is 7.06. The minimum absolute atomic E-state index is 0.145. The molecule has 1 N–H and O–H groups in total. The van der Waals surface area contributed by atoms with Gasteiger partial charge in [-0.3, -0.25) is 13.9 Å². The summed E-state index contributed by atoms with van der Waals surface area (Å²) in [5.74, 6) is -0.545. The number of nitrogens with zero attached hydrogens (tertiary/aromatic N) is 2. The number of carbonyl (C=O) groups excluding carboxylic acids is 2. The molecule has 0 fully saturated rings. The van der Waals surface area contributed by atoms with Crippen LogP contribution in [0.15, 0.2) is 46.9 Å². The minimum Gasteiger partial charge on any atom is -0.354 e. The van der Waals surface area contributed by atoms with Crippen molar-refractivity contribution in [3.05, 3.63) is 63.1 Å². The zero-order valence-electron chi connectivity index (χ0n) is 20.0. The van der Waals surface area contributed by atoms with E-state index in [0.717, 1.165) is 20.6 Å². The third kappa shape index (κ3) is 7.99. The summed E-state index contributed by atoms with van der Waals surface area (Å²) in [6.45, 7) is 7.50. The first-order valence-electron chi connectivity index (χ1n) is 10.8. The van der Waals surface area contributed by atoms with Gasteiger partial charge < -0.3 is 10.2 Å². The van der Waals surface area contributed by atoms with Crippen LogP contribution in [0.1, 0.15) is 31.9 Å². The Morgan fingerprint density at radius 2 is 1.79 bits per heavy atom. The fraction of sp³-hybridized carbons (Fsp3) is 0.417. The molecule has 0 aliphatic rings. The van der Waals surface area contributed by atoms with Gasteiger partial charge in [-0.2, -0.15) is 0 Å². The first kappa shape index (κ1) is 28.1. The first-order chi connectivity index (χ1) is 15.8. The molecule has 0 saturated heterocycles. The predicted molar refractivity (Wildman–Crippen MR) is 140 cm³/mol. The number of amides is 2. The minimum atomic E-state index is -3.79. The second kappa shape index (κ2) is 12.0. The van der Waals surface area contributed by atoms with Crippen molar-refractivity contribution in [2.45, 2.75) is 40.3 Å². The lowest BCUT2D eigenvalue weighted by atomic mass is 10.1. The summed E-state index contributed by atoms with van der Waals surface area (Å²) in [6.07, 6.45) is 1.05. The Labute approximate surface area is 215 Å². The summed E-state index contributed by atoms with van der Waals surface area (Å²) in [4.78, 5) is 27.8. The molecule has 2 aromatic rings. The lowest BCUT2D eigenvalue weighted by molar-refractivity contribution is -0.139. The highest BCUT2D eigenvalue weighted by Gasteiger charge is 2.30. The molecule has 0 unspecified atom stereocenters. The van der Waals surface area contributed by atoms with Crippen molar-refractivity contribution >= 4 is 55.1 Å². The average Bonchev–Trinajstić information content (AvgIpc) is 2.73. The first-order valence-corrected chi connectivity index (χ1v) is 13.9. The number of sulfonamides is 1. The molecule has 7 nitrogen and oxygen atoms in total. The highest BCUT2D eigenvalue weighted by molar-refractivity contribution is 9.10. The van der Waals surface area contributed by atoms with Crippen LogP contribution in [0.4, 0.5) is 5.69 Å². The fourth-order valence-corrected chi connectivity index (χ4v) is 4.94. The maximum Gasteiger partial charge on any atom is 0.244 e. The van der Waals surface area contributed by atoms with Gasteiger partial charge in [0.25, 0.3) is 0 Å². The largest absolute Gasteiger partial charge is 0.354 e. The number of anilines is 1. The molecule has 0 aromatic heterocycles. The number of nitrogens with one attached hydrogen (secondary N) is 1. The van der Waals surface area contributed by atoms with Crippen molar-refractivity contribution in [3.63, 3.8) is 0 Å². The number of halogens is 2. The van der Waals surface area contributed by atoms with Crippen LogP contribution in [0.3, 0.4) is 0 Å². The van der Waals surface area contributed by atoms with Gasteiger partial charge in [-0.15, -0.1) is 0 Å². The van der Waals surface area contributed by atoms with Crippen molar-refractivity contribution < 1.29 is 18.0 Å². The summed E-state index contributed by atoms with van der Waals surface area (Å²) in [5, 5.41) is 3.32. The molecule has 0 radical (unpaired) electrons. The van der Waals surface area contributed by atoms with E-state index in [0.29, 0.717) is 22.8 Å². The van der Waals surface area contributed by atoms with Gasteiger partial charge in [0.2, 0.25) is 21.8 Å². The fourth-order valence-electron chi connectivity index (χ4n) is 3.36. The molecule has 2 aromatic carbocycles. The van der Waals surface area contributed by atoms with Crippen molar-refractivity contribution in [2.24, 2.45) is 5.92 Å². The number of rotatable bonds is 10. The molecule has 2 amide bonds. The Kier molecular flexibility index (Phi) is 9.96. The van der Waals surface area contributed by atoms with E-state index in [2.05, 4.69) is 21.2 Å². The predicted octanol–water partition coefficient (Wildman–Crippen LogP) is 4.37. The Bertz CT molecular complexity index is 1140. The monoisotopic (exact) mass is 571 g/mol. The van der Waals surface area contributed by atoms with Crippen LogP contribution in [-0.4, -0.2) is 50.5 Å². The molecule has 1 atom stereocenters. The molecule has 0 aliphatic heterocycles. The Morgan fingerprint density at radius 1 is 1.12 bits per heavy atom. The van der Waals surface area contributed by atoms with E-state index in [9.17, 15) is 18.0 Å². The van der Waals surface area contributed by atoms with E-state index in [1.54, 1.807) is 32.0 Å². The van der Waals surface area contributed by atoms with Gasteiger partial charge in [0.05, 0.1) is 11.9 Å². The van der Waals surface area contributed by atoms with Crippen LogP contribution in [0, 0.1) is 12.8 Å². The van der Waals surface area contributed by atoms with Crippen LogP contribution in [0.2, 0.25) is 5.02 Å². The van der Waals surface area contributed by atoms with E-state index in [4.69, 9.17) is 11.6 Å². The molecule has 0 bridgehead atoms. The maximum absolute atomic E-state index is 13.5. The Hall–Kier alpha value is -2.10. The number of hydrogen-bond acceptors (Lipinski definition) is 4. The second-order valence-corrected chi connectivity index (χ2v) is 11.9. The van der Waals surface area contributed by atoms with Gasteiger partial charge in [0.15, 0.2) is 0 Å². The zero-order chi connectivity index (χ0) is 25.6. The number of hydrogen-bond donors (Lipinski definition) is 1. The normalized spacial score (nSPS) is 12.4. The molecule has 34 heavy (non-hydrogen) atoms. The van der Waals surface area contributed by atoms with Gasteiger partial charge in [-0.05, 0) is 61.2 Å². The van der Waals surface area contributed by atoms with Gasteiger partial charge in [0, 0.05) is 22.6 Å². The molecular formula is C24H31BrClN3O4S. The smallest absolute Gasteiger partial charge is 0.244 e. The van der Waals surface area contributed by atoms with E-state index < -0.39 is 28.5 Å². The molecule has 2 rings (SSSR count). The topological polar surface area (TPSA) is 86.8 Å². The van der Waals surface area contributed by atoms with Crippen LogP contribution in [-0.2, 0) is 26.2 Å². The average molecular weight is 573 g/mol. The van der Waals surface area contributed by atoms with E-state index in [1.807, 2.05) is 38.1 Å². The quantitative estimate of drug-likeness (QED) is 0.458. The van der Waals surface area contributed by atoms with E-state index in [-0.39, 0.29) is 18.4 Å². The van der Waals surface area contributed by atoms with Gasteiger partial charge in [-0.1, -0.05) is 53.5 Å². The number of aryl methyl sites for hydroxylation is 1. The third-order valence-electron chi connectivity index (χ3n) is 5.20. The van der Waals surface area contributed by atoms with Crippen LogP contribution >= 0.6 is 27.5 Å². The van der Waals surface area contributed by atoms with E-state index >= 15 is 0 Å². The van der Waals surface area contributed by atoms with Crippen molar-refractivity contribution in [2.75, 3.05) is 23.7 Å². The standard InChI is InChI=1S/C24H31BrClN3O4S/c1-16(2)13-27-24(31)18(4)28(14-19-7-6-8-20(25)12-19)23(30)15-29(34(5,32)33)22-10-9-21(26)11-17(22)3/h6-12,16,18H,13-15H2,1-5H3,(H,27,31)/t18-/m1/s1. The summed E-state index contributed by atoms with van der Waals surface area (Å²) < 4.78 is 27.2. The van der Waals surface area contributed by atoms with Crippen LogP contribution < -0.4 is 9.62 Å².